The van der Waals surface area contributed by atoms with Gasteiger partial charge in [-0.15, -0.1) is 0 Å². The normalized spacial score (nSPS) is 15.7. The Bertz CT molecular complexity index is 795. The molecule has 4 nitrogen and oxygen atoms in total. The minimum Gasteiger partial charge on any atom is -0.481 e. The first-order valence-corrected chi connectivity index (χ1v) is 10.9. The molecular weight excluding hydrogens is 360 g/mol. The zero-order valence-electron chi connectivity index (χ0n) is 18.0. The van der Waals surface area contributed by atoms with Gasteiger partial charge in [0.15, 0.2) is 6.10 Å². The van der Waals surface area contributed by atoms with Gasteiger partial charge in [0.1, 0.15) is 5.75 Å². The summed E-state index contributed by atoms with van der Waals surface area (Å²) in [5, 5.41) is 3.02. The van der Waals surface area contributed by atoms with Gasteiger partial charge >= 0.3 is 0 Å². The molecule has 156 valence electrons. The number of piperidine rings is 1. The largest absolute Gasteiger partial charge is 0.481 e. The average molecular weight is 395 g/mol. The van der Waals surface area contributed by atoms with Crippen LogP contribution in [-0.4, -0.2) is 30.0 Å². The van der Waals surface area contributed by atoms with Crippen molar-refractivity contribution < 1.29 is 9.53 Å². The number of hydrogen-bond acceptors (Lipinski definition) is 3. The van der Waals surface area contributed by atoms with E-state index in [9.17, 15) is 4.79 Å². The van der Waals surface area contributed by atoms with Crippen LogP contribution >= 0.6 is 0 Å². The van der Waals surface area contributed by atoms with Crippen molar-refractivity contribution >= 4 is 5.91 Å². The summed E-state index contributed by atoms with van der Waals surface area (Å²) in [4.78, 5) is 15.1. The van der Waals surface area contributed by atoms with Gasteiger partial charge in [-0.05, 0) is 80.6 Å². The Morgan fingerprint density at radius 2 is 1.69 bits per heavy atom. The summed E-state index contributed by atoms with van der Waals surface area (Å²) in [6.45, 7) is 10.1. The van der Waals surface area contributed by atoms with Crippen molar-refractivity contribution in [2.75, 3.05) is 13.1 Å². The number of carbonyl (C=O) groups excluding carboxylic acids is 1. The van der Waals surface area contributed by atoms with Gasteiger partial charge in [0, 0.05) is 13.1 Å². The molecule has 2 aromatic carbocycles. The summed E-state index contributed by atoms with van der Waals surface area (Å²) in [5.41, 5.74) is 4.84. The summed E-state index contributed by atoms with van der Waals surface area (Å²) in [5.74, 6) is 0.681. The van der Waals surface area contributed by atoms with Crippen molar-refractivity contribution in [2.45, 2.75) is 65.6 Å². The van der Waals surface area contributed by atoms with Crippen LogP contribution in [0.25, 0.3) is 0 Å². The van der Waals surface area contributed by atoms with Crippen LogP contribution in [-0.2, 0) is 17.9 Å². The van der Waals surface area contributed by atoms with E-state index in [2.05, 4.69) is 48.3 Å². The van der Waals surface area contributed by atoms with Gasteiger partial charge < -0.3 is 10.1 Å². The number of likely N-dealkylation sites (tertiary alicyclic amines) is 1. The van der Waals surface area contributed by atoms with Gasteiger partial charge in [0.05, 0.1) is 0 Å². The number of ether oxygens (including phenoxy) is 1. The molecule has 0 aromatic heterocycles. The minimum atomic E-state index is -0.476. The maximum Gasteiger partial charge on any atom is 0.261 e. The molecule has 1 N–H and O–H groups in total. The molecule has 0 saturated carbocycles. The van der Waals surface area contributed by atoms with Gasteiger partial charge in [-0.1, -0.05) is 43.7 Å². The van der Waals surface area contributed by atoms with Crippen LogP contribution < -0.4 is 10.1 Å². The molecule has 1 aliphatic rings. The molecule has 3 rings (SSSR count). The van der Waals surface area contributed by atoms with E-state index in [1.165, 1.54) is 49.0 Å². The minimum absolute atomic E-state index is 0.0666. The number of nitrogens with one attached hydrogen (secondary N) is 1. The van der Waals surface area contributed by atoms with Crippen LogP contribution in [0.15, 0.2) is 42.5 Å². The van der Waals surface area contributed by atoms with Crippen molar-refractivity contribution in [3.63, 3.8) is 0 Å². The summed E-state index contributed by atoms with van der Waals surface area (Å²) in [6, 6.07) is 14.5. The van der Waals surface area contributed by atoms with Gasteiger partial charge in [0.2, 0.25) is 0 Å². The van der Waals surface area contributed by atoms with E-state index in [-0.39, 0.29) is 5.91 Å². The molecule has 29 heavy (non-hydrogen) atoms. The van der Waals surface area contributed by atoms with Crippen molar-refractivity contribution in [3.8, 4) is 5.75 Å². The first kappa shape index (κ1) is 21.4. The van der Waals surface area contributed by atoms with E-state index in [1.807, 2.05) is 25.1 Å². The molecule has 1 aliphatic heterocycles. The third kappa shape index (κ3) is 6.33. The van der Waals surface area contributed by atoms with Crippen LogP contribution in [0.1, 0.15) is 54.9 Å². The maximum absolute atomic E-state index is 12.6. The van der Waals surface area contributed by atoms with Crippen molar-refractivity contribution in [3.05, 3.63) is 64.7 Å². The van der Waals surface area contributed by atoms with Crippen LogP contribution in [0.4, 0.5) is 0 Å². The van der Waals surface area contributed by atoms with Gasteiger partial charge in [0.25, 0.3) is 5.91 Å². The van der Waals surface area contributed by atoms with Crippen molar-refractivity contribution in [1.82, 2.24) is 10.2 Å². The van der Waals surface area contributed by atoms with Crippen molar-refractivity contribution in [1.29, 1.82) is 0 Å². The maximum atomic E-state index is 12.6. The standard InChI is InChI=1S/C25H34N2O2/c1-4-24(29-23-13-8-19(2)20(3)16-23)25(28)26-17-21-9-11-22(12-10-21)18-27-14-6-5-7-15-27/h8-13,16,24H,4-7,14-15,17-18H2,1-3H3,(H,26,28)/t24-/m0/s1. The fraction of sp³-hybridized carbons (Fsp3) is 0.480. The zero-order valence-corrected chi connectivity index (χ0v) is 18.0. The second-order valence-corrected chi connectivity index (χ2v) is 8.13. The quantitative estimate of drug-likeness (QED) is 0.702. The fourth-order valence-electron chi connectivity index (χ4n) is 3.71. The van der Waals surface area contributed by atoms with E-state index in [4.69, 9.17) is 4.74 Å². The number of nitrogens with zero attached hydrogens (tertiary/aromatic N) is 1. The van der Waals surface area contributed by atoms with E-state index < -0.39 is 6.10 Å². The lowest BCUT2D eigenvalue weighted by molar-refractivity contribution is -0.128. The molecule has 1 fully saturated rings. The second-order valence-electron chi connectivity index (χ2n) is 8.13. The molecule has 1 amide bonds. The molecular formula is C25H34N2O2. The van der Waals surface area contributed by atoms with Crippen LogP contribution in [0.5, 0.6) is 5.75 Å². The Hall–Kier alpha value is -2.33. The fourth-order valence-corrected chi connectivity index (χ4v) is 3.71. The van der Waals surface area contributed by atoms with Crippen LogP contribution in [0.3, 0.4) is 0 Å². The highest BCUT2D eigenvalue weighted by Gasteiger charge is 2.18. The first-order valence-electron chi connectivity index (χ1n) is 10.9. The van der Waals surface area contributed by atoms with Crippen molar-refractivity contribution in [2.24, 2.45) is 0 Å². The number of rotatable bonds is 8. The van der Waals surface area contributed by atoms with E-state index in [1.54, 1.807) is 0 Å². The van der Waals surface area contributed by atoms with E-state index in [0.29, 0.717) is 13.0 Å². The first-order chi connectivity index (χ1) is 14.0. The number of carbonyl (C=O) groups is 1. The Morgan fingerprint density at radius 1 is 1.00 bits per heavy atom. The molecule has 1 saturated heterocycles. The van der Waals surface area contributed by atoms with Gasteiger partial charge in [-0.2, -0.15) is 0 Å². The summed E-state index contributed by atoms with van der Waals surface area (Å²) in [7, 11) is 0. The molecule has 1 heterocycles. The van der Waals surface area contributed by atoms with E-state index >= 15 is 0 Å². The molecule has 0 unspecified atom stereocenters. The second kappa shape index (κ2) is 10.4. The molecule has 0 aliphatic carbocycles. The third-order valence-electron chi connectivity index (χ3n) is 5.76. The molecule has 0 spiro atoms. The Labute approximate surface area is 175 Å². The molecule has 0 bridgehead atoms. The highest BCUT2D eigenvalue weighted by atomic mass is 16.5. The Balaban J connectivity index is 1.49. The van der Waals surface area contributed by atoms with Crippen LogP contribution in [0, 0.1) is 13.8 Å². The predicted molar refractivity (Wildman–Crippen MR) is 118 cm³/mol. The molecule has 1 atom stereocenters. The predicted octanol–water partition coefficient (Wildman–Crippen LogP) is 4.76. The average Bonchev–Trinajstić information content (AvgIpc) is 2.74. The lowest BCUT2D eigenvalue weighted by Gasteiger charge is -2.26. The van der Waals surface area contributed by atoms with Gasteiger partial charge in [-0.3, -0.25) is 9.69 Å². The number of aryl methyl sites for hydroxylation is 2. The number of amides is 1. The number of hydrogen-bond donors (Lipinski definition) is 1. The Kier molecular flexibility index (Phi) is 7.70. The topological polar surface area (TPSA) is 41.6 Å². The molecule has 2 aromatic rings. The van der Waals surface area contributed by atoms with E-state index in [0.717, 1.165) is 17.9 Å². The monoisotopic (exact) mass is 394 g/mol. The lowest BCUT2D eigenvalue weighted by atomic mass is 10.1. The zero-order chi connectivity index (χ0) is 20.6. The van der Waals surface area contributed by atoms with Gasteiger partial charge in [-0.25, -0.2) is 0 Å². The number of benzene rings is 2. The molecule has 4 heteroatoms. The highest BCUT2D eigenvalue weighted by Crippen LogP contribution is 2.19. The van der Waals surface area contributed by atoms with Crippen LogP contribution in [0.2, 0.25) is 0 Å². The summed E-state index contributed by atoms with van der Waals surface area (Å²) < 4.78 is 5.94. The third-order valence-corrected chi connectivity index (χ3v) is 5.76. The molecule has 0 radical (unpaired) electrons. The highest BCUT2D eigenvalue weighted by molar-refractivity contribution is 5.81. The smallest absolute Gasteiger partial charge is 0.261 e. The SMILES string of the molecule is CC[C@H](Oc1ccc(C)c(C)c1)C(=O)NCc1ccc(CN2CCCCC2)cc1. The lowest BCUT2D eigenvalue weighted by Crippen LogP contribution is -2.37. The Morgan fingerprint density at radius 3 is 2.34 bits per heavy atom. The summed E-state index contributed by atoms with van der Waals surface area (Å²) >= 11 is 0. The summed E-state index contributed by atoms with van der Waals surface area (Å²) in [6.07, 6.45) is 4.14.